The minimum atomic E-state index is -0.431. The molecule has 118 valence electrons. The maximum Gasteiger partial charge on any atom is 0.272 e. The van der Waals surface area contributed by atoms with Gasteiger partial charge in [-0.05, 0) is 29.3 Å². The molecule has 0 bridgehead atoms. The van der Waals surface area contributed by atoms with E-state index in [1.807, 2.05) is 30.3 Å². The first-order valence-corrected chi connectivity index (χ1v) is 7.14. The zero-order chi connectivity index (χ0) is 16.7. The highest BCUT2D eigenvalue weighted by atomic mass is 16.3. The molecule has 0 fully saturated rings. The second-order valence-corrected chi connectivity index (χ2v) is 4.96. The average molecular weight is 310 g/mol. The van der Waals surface area contributed by atoms with Crippen LogP contribution in [0.4, 0.5) is 5.69 Å². The van der Waals surface area contributed by atoms with E-state index in [2.05, 4.69) is 10.6 Å². The highest BCUT2D eigenvalue weighted by molar-refractivity contribution is 6.08. The normalized spacial score (nSPS) is 11.0. The lowest BCUT2D eigenvalue weighted by atomic mass is 10.1. The number of aliphatic hydroxyl groups excluding tert-OH is 1. The molecule has 0 saturated heterocycles. The van der Waals surface area contributed by atoms with Crippen molar-refractivity contribution in [1.82, 2.24) is 5.32 Å². The van der Waals surface area contributed by atoms with E-state index in [0.717, 1.165) is 5.56 Å². The number of carbonyl (C=O) groups excluding carboxylic acids is 2. The summed E-state index contributed by atoms with van der Waals surface area (Å²) in [4.78, 5) is 23.7. The Bertz CT molecular complexity index is 724. The van der Waals surface area contributed by atoms with Gasteiger partial charge in [0, 0.05) is 12.6 Å². The van der Waals surface area contributed by atoms with Crippen LogP contribution in [0.25, 0.3) is 6.08 Å². The molecular formula is C18H18N2O3. The Kier molecular flexibility index (Phi) is 5.66. The maximum absolute atomic E-state index is 12.4. The number of carbonyl (C=O) groups is 2. The molecule has 0 aliphatic heterocycles. The number of aliphatic hydroxyl groups is 1. The lowest BCUT2D eigenvalue weighted by Gasteiger charge is -2.10. The van der Waals surface area contributed by atoms with Gasteiger partial charge in [0.25, 0.3) is 5.91 Å². The smallest absolute Gasteiger partial charge is 0.272 e. The largest absolute Gasteiger partial charge is 0.392 e. The van der Waals surface area contributed by atoms with Gasteiger partial charge in [-0.25, -0.2) is 0 Å². The fourth-order valence-corrected chi connectivity index (χ4v) is 2.01. The van der Waals surface area contributed by atoms with Gasteiger partial charge in [-0.15, -0.1) is 0 Å². The molecule has 2 amide bonds. The standard InChI is InChI=1S/C18H18N2O3/c1-13(22)19-17(11-14-6-3-2-4-7-14)18(23)20-16-9-5-8-15(10-16)12-21/h2-11,21H,12H2,1H3,(H,19,22)(H,20,23)/b17-11-. The first-order chi connectivity index (χ1) is 11.1. The van der Waals surface area contributed by atoms with Crippen molar-refractivity contribution in [3.63, 3.8) is 0 Å². The van der Waals surface area contributed by atoms with Gasteiger partial charge in [0.1, 0.15) is 5.70 Å². The molecule has 23 heavy (non-hydrogen) atoms. The van der Waals surface area contributed by atoms with Crippen LogP contribution in [0.5, 0.6) is 0 Å². The van der Waals surface area contributed by atoms with Gasteiger partial charge in [0.2, 0.25) is 5.91 Å². The van der Waals surface area contributed by atoms with Gasteiger partial charge >= 0.3 is 0 Å². The number of hydrogen-bond acceptors (Lipinski definition) is 3. The molecule has 5 heteroatoms. The summed E-state index contributed by atoms with van der Waals surface area (Å²) in [5, 5.41) is 14.4. The Morgan fingerprint density at radius 2 is 1.83 bits per heavy atom. The Morgan fingerprint density at radius 3 is 2.48 bits per heavy atom. The van der Waals surface area contributed by atoms with Crippen molar-refractivity contribution in [3.8, 4) is 0 Å². The van der Waals surface area contributed by atoms with Crippen molar-refractivity contribution >= 4 is 23.6 Å². The van der Waals surface area contributed by atoms with Crippen LogP contribution in [0.2, 0.25) is 0 Å². The van der Waals surface area contributed by atoms with E-state index >= 15 is 0 Å². The minimum absolute atomic E-state index is 0.109. The average Bonchev–Trinajstić information content (AvgIpc) is 2.55. The van der Waals surface area contributed by atoms with E-state index in [9.17, 15) is 9.59 Å². The van der Waals surface area contributed by atoms with Gasteiger partial charge in [0.15, 0.2) is 0 Å². The molecular weight excluding hydrogens is 292 g/mol. The van der Waals surface area contributed by atoms with Gasteiger partial charge < -0.3 is 15.7 Å². The van der Waals surface area contributed by atoms with E-state index in [-0.39, 0.29) is 18.2 Å². The van der Waals surface area contributed by atoms with Crippen molar-refractivity contribution in [2.24, 2.45) is 0 Å². The van der Waals surface area contributed by atoms with Crippen molar-refractivity contribution in [2.45, 2.75) is 13.5 Å². The zero-order valence-corrected chi connectivity index (χ0v) is 12.7. The molecule has 0 aromatic heterocycles. The van der Waals surface area contributed by atoms with Crippen LogP contribution in [0.15, 0.2) is 60.3 Å². The SMILES string of the molecule is CC(=O)N/C(=C\c1ccccc1)C(=O)Nc1cccc(CO)c1. The lowest BCUT2D eigenvalue weighted by molar-refractivity contribution is -0.120. The predicted molar refractivity (Wildman–Crippen MR) is 89.2 cm³/mol. The van der Waals surface area contributed by atoms with Crippen LogP contribution in [0, 0.1) is 0 Å². The molecule has 3 N–H and O–H groups in total. The van der Waals surface area contributed by atoms with Crippen molar-refractivity contribution < 1.29 is 14.7 Å². The van der Waals surface area contributed by atoms with E-state index in [4.69, 9.17) is 5.11 Å². The summed E-state index contributed by atoms with van der Waals surface area (Å²) in [7, 11) is 0. The third-order valence-corrected chi connectivity index (χ3v) is 3.03. The molecule has 0 spiro atoms. The molecule has 2 aromatic carbocycles. The minimum Gasteiger partial charge on any atom is -0.392 e. The zero-order valence-electron chi connectivity index (χ0n) is 12.7. The van der Waals surface area contributed by atoms with Crippen LogP contribution in [0.1, 0.15) is 18.1 Å². The first kappa shape index (κ1) is 16.5. The van der Waals surface area contributed by atoms with Crippen LogP contribution in [-0.2, 0) is 16.2 Å². The fourth-order valence-electron chi connectivity index (χ4n) is 2.01. The summed E-state index contributed by atoms with van der Waals surface area (Å²) < 4.78 is 0. The highest BCUT2D eigenvalue weighted by Crippen LogP contribution is 2.13. The van der Waals surface area contributed by atoms with Gasteiger partial charge in [0.05, 0.1) is 6.61 Å². The van der Waals surface area contributed by atoms with Gasteiger partial charge in [-0.3, -0.25) is 9.59 Å². The second-order valence-electron chi connectivity index (χ2n) is 4.96. The number of anilines is 1. The molecule has 0 heterocycles. The van der Waals surface area contributed by atoms with Crippen LogP contribution in [0.3, 0.4) is 0 Å². The number of rotatable bonds is 5. The highest BCUT2D eigenvalue weighted by Gasteiger charge is 2.11. The molecule has 0 aliphatic carbocycles. The molecule has 0 aliphatic rings. The summed E-state index contributed by atoms with van der Waals surface area (Å²) in [6, 6.07) is 16.1. The topological polar surface area (TPSA) is 78.4 Å². The van der Waals surface area contributed by atoms with Gasteiger partial charge in [-0.1, -0.05) is 42.5 Å². The Balaban J connectivity index is 2.22. The molecule has 2 rings (SSSR count). The summed E-state index contributed by atoms with van der Waals surface area (Å²) in [6.07, 6.45) is 1.60. The van der Waals surface area contributed by atoms with Crippen LogP contribution < -0.4 is 10.6 Å². The Hall–Kier alpha value is -2.92. The lowest BCUT2D eigenvalue weighted by Crippen LogP contribution is -2.29. The quantitative estimate of drug-likeness (QED) is 0.741. The molecule has 5 nitrogen and oxygen atoms in total. The third kappa shape index (κ3) is 5.09. The predicted octanol–water partition coefficient (Wildman–Crippen LogP) is 2.29. The molecule has 2 aromatic rings. The summed E-state index contributed by atoms with van der Waals surface area (Å²) in [5.74, 6) is -0.759. The Morgan fingerprint density at radius 1 is 1.09 bits per heavy atom. The fraction of sp³-hybridized carbons (Fsp3) is 0.111. The molecule has 0 radical (unpaired) electrons. The second kappa shape index (κ2) is 7.91. The summed E-state index contributed by atoms with van der Waals surface area (Å²) >= 11 is 0. The molecule has 0 atom stereocenters. The van der Waals surface area contributed by atoms with E-state index in [1.165, 1.54) is 6.92 Å². The van der Waals surface area contributed by atoms with Crippen molar-refractivity contribution in [3.05, 3.63) is 71.4 Å². The summed E-state index contributed by atoms with van der Waals surface area (Å²) in [6.45, 7) is 1.24. The van der Waals surface area contributed by atoms with Crippen LogP contribution in [-0.4, -0.2) is 16.9 Å². The van der Waals surface area contributed by atoms with Crippen molar-refractivity contribution in [2.75, 3.05) is 5.32 Å². The number of nitrogens with one attached hydrogen (secondary N) is 2. The number of hydrogen-bond donors (Lipinski definition) is 3. The van der Waals surface area contributed by atoms with E-state index in [0.29, 0.717) is 11.3 Å². The number of benzene rings is 2. The Labute approximate surface area is 134 Å². The van der Waals surface area contributed by atoms with E-state index < -0.39 is 5.91 Å². The molecule has 0 unspecified atom stereocenters. The first-order valence-electron chi connectivity index (χ1n) is 7.14. The summed E-state index contributed by atoms with van der Waals surface area (Å²) in [5.41, 5.74) is 2.19. The van der Waals surface area contributed by atoms with Crippen LogP contribution >= 0.6 is 0 Å². The third-order valence-electron chi connectivity index (χ3n) is 3.03. The maximum atomic E-state index is 12.4. The van der Waals surface area contributed by atoms with Crippen molar-refractivity contribution in [1.29, 1.82) is 0 Å². The number of amides is 2. The molecule has 0 saturated carbocycles. The van der Waals surface area contributed by atoms with E-state index in [1.54, 1.807) is 30.3 Å². The monoisotopic (exact) mass is 310 g/mol. The van der Waals surface area contributed by atoms with Gasteiger partial charge in [-0.2, -0.15) is 0 Å².